The molecule has 0 bridgehead atoms. The predicted octanol–water partition coefficient (Wildman–Crippen LogP) is 4.40. The van der Waals surface area contributed by atoms with E-state index in [1.54, 1.807) is 15.9 Å². The summed E-state index contributed by atoms with van der Waals surface area (Å²) in [7, 11) is 0. The van der Waals surface area contributed by atoms with Crippen LogP contribution in [0.1, 0.15) is 12.8 Å². The third-order valence-corrected chi connectivity index (χ3v) is 6.53. The number of nitrogens with two attached hydrogens (primary N) is 1. The molecule has 2 saturated heterocycles. The van der Waals surface area contributed by atoms with Crippen molar-refractivity contribution >= 4 is 11.7 Å². The molecule has 0 radical (unpaired) electrons. The van der Waals surface area contributed by atoms with Crippen molar-refractivity contribution in [3.8, 4) is 28.5 Å². The molecule has 3 aromatic rings. The molecule has 3 heterocycles. The Morgan fingerprint density at radius 2 is 1.71 bits per heavy atom. The molecule has 198 valence electrons. The van der Waals surface area contributed by atoms with Crippen molar-refractivity contribution in [1.82, 2.24) is 19.8 Å². The molecular formula is C28H29F2N5O3. The molecule has 2 aliphatic rings. The average Bonchev–Trinajstić information content (AvgIpc) is 2.89. The van der Waals surface area contributed by atoms with Gasteiger partial charge in [0.15, 0.2) is 0 Å². The second-order valence-corrected chi connectivity index (χ2v) is 9.45. The first-order valence-electron chi connectivity index (χ1n) is 12.5. The monoisotopic (exact) mass is 521 g/mol. The number of ether oxygens (including phenoxy) is 2. The van der Waals surface area contributed by atoms with Gasteiger partial charge in [0.05, 0.1) is 18.7 Å². The number of amides is 1. The molecule has 1 amide bonds. The lowest BCUT2D eigenvalue weighted by Crippen LogP contribution is -2.55. The Kier molecular flexibility index (Phi) is 7.50. The molecular weight excluding hydrogens is 492 g/mol. The van der Waals surface area contributed by atoms with E-state index in [4.69, 9.17) is 15.2 Å². The summed E-state index contributed by atoms with van der Waals surface area (Å²) in [6.45, 7) is 0.886. The van der Waals surface area contributed by atoms with Crippen LogP contribution < -0.4 is 15.2 Å². The van der Waals surface area contributed by atoms with Crippen molar-refractivity contribution in [2.75, 3.05) is 38.5 Å². The molecule has 5 rings (SSSR count). The van der Waals surface area contributed by atoms with E-state index in [9.17, 15) is 13.6 Å². The van der Waals surface area contributed by atoms with Crippen LogP contribution in [0.3, 0.4) is 0 Å². The van der Waals surface area contributed by atoms with Crippen molar-refractivity contribution in [2.24, 2.45) is 0 Å². The quantitative estimate of drug-likeness (QED) is 0.439. The Morgan fingerprint density at radius 1 is 1.03 bits per heavy atom. The molecule has 2 aromatic carbocycles. The zero-order valence-electron chi connectivity index (χ0n) is 20.8. The van der Waals surface area contributed by atoms with Crippen molar-refractivity contribution < 1.29 is 23.0 Å². The molecule has 0 aliphatic carbocycles. The van der Waals surface area contributed by atoms with Gasteiger partial charge in [0, 0.05) is 38.6 Å². The summed E-state index contributed by atoms with van der Waals surface area (Å²) in [4.78, 5) is 24.3. The van der Waals surface area contributed by atoms with Gasteiger partial charge in [-0.3, -0.25) is 9.69 Å². The number of halogens is 2. The van der Waals surface area contributed by atoms with Gasteiger partial charge in [-0.1, -0.05) is 36.4 Å². The number of carbonyl (C=O) groups excluding carboxylic acids is 1. The zero-order chi connectivity index (χ0) is 26.5. The first-order chi connectivity index (χ1) is 18.4. The number of para-hydroxylation sites is 1. The smallest absolute Gasteiger partial charge is 0.272 e. The molecule has 8 nitrogen and oxygen atoms in total. The highest BCUT2D eigenvalue weighted by Gasteiger charge is 2.42. The number of nitrogens with zero attached hydrogens (tertiary/aromatic N) is 4. The molecule has 10 heteroatoms. The fourth-order valence-corrected chi connectivity index (χ4v) is 4.55. The Balaban J connectivity index is 1.17. The lowest BCUT2D eigenvalue weighted by Gasteiger charge is -2.37. The summed E-state index contributed by atoms with van der Waals surface area (Å²) in [6.07, 6.45) is 5.60. The number of nitrogen functional groups attached to an aromatic ring is 1. The van der Waals surface area contributed by atoms with Crippen molar-refractivity contribution in [3.63, 3.8) is 0 Å². The number of likely N-dealkylation sites (tertiary alicyclic amines) is 2. The molecule has 0 atom stereocenters. The van der Waals surface area contributed by atoms with Gasteiger partial charge in [0.1, 0.15) is 29.7 Å². The van der Waals surface area contributed by atoms with Crippen LogP contribution >= 0.6 is 0 Å². The number of alkyl halides is 2. The first kappa shape index (κ1) is 25.6. The third kappa shape index (κ3) is 6.25. The van der Waals surface area contributed by atoms with Gasteiger partial charge < -0.3 is 20.1 Å². The summed E-state index contributed by atoms with van der Waals surface area (Å²) < 4.78 is 37.9. The highest BCUT2D eigenvalue weighted by molar-refractivity contribution is 5.87. The number of anilines is 1. The highest BCUT2D eigenvalue weighted by Crippen LogP contribution is 2.35. The summed E-state index contributed by atoms with van der Waals surface area (Å²) in [5, 5.41) is 0. The minimum atomic E-state index is -2.60. The second kappa shape index (κ2) is 11.1. The third-order valence-electron chi connectivity index (χ3n) is 6.53. The van der Waals surface area contributed by atoms with Gasteiger partial charge in [0.2, 0.25) is 11.8 Å². The lowest BCUT2D eigenvalue weighted by molar-refractivity contribution is -0.128. The molecule has 2 fully saturated rings. The van der Waals surface area contributed by atoms with Gasteiger partial charge in [0.25, 0.3) is 5.92 Å². The van der Waals surface area contributed by atoms with Crippen LogP contribution in [0.25, 0.3) is 11.1 Å². The zero-order valence-corrected chi connectivity index (χ0v) is 20.8. The molecule has 38 heavy (non-hydrogen) atoms. The van der Waals surface area contributed by atoms with Gasteiger partial charge in [-0.15, -0.1) is 0 Å². The maximum absolute atomic E-state index is 12.9. The van der Waals surface area contributed by atoms with Gasteiger partial charge >= 0.3 is 0 Å². The van der Waals surface area contributed by atoms with E-state index >= 15 is 0 Å². The maximum Gasteiger partial charge on any atom is 0.272 e. The Morgan fingerprint density at radius 3 is 2.39 bits per heavy atom. The van der Waals surface area contributed by atoms with E-state index in [1.165, 1.54) is 12.4 Å². The van der Waals surface area contributed by atoms with Crippen LogP contribution in [-0.4, -0.2) is 70.4 Å². The Labute approximate surface area is 219 Å². The van der Waals surface area contributed by atoms with Crippen LogP contribution in [0.15, 0.2) is 73.1 Å². The number of aromatic nitrogens is 2. The van der Waals surface area contributed by atoms with Gasteiger partial charge in [-0.2, -0.15) is 0 Å². The summed E-state index contributed by atoms with van der Waals surface area (Å²) in [5.41, 5.74) is 7.62. The lowest BCUT2D eigenvalue weighted by atomic mass is 10.1. The van der Waals surface area contributed by atoms with E-state index in [0.29, 0.717) is 55.5 Å². The number of rotatable bonds is 8. The maximum atomic E-state index is 12.9. The van der Waals surface area contributed by atoms with E-state index in [-0.39, 0.29) is 25.1 Å². The number of piperidine rings is 1. The number of benzene rings is 2. The number of hydrogen-bond donors (Lipinski definition) is 1. The van der Waals surface area contributed by atoms with Crippen LogP contribution in [0.2, 0.25) is 0 Å². The largest absolute Gasteiger partial charge is 0.474 e. The van der Waals surface area contributed by atoms with Crippen LogP contribution in [-0.2, 0) is 4.79 Å². The summed E-state index contributed by atoms with van der Waals surface area (Å²) in [5.74, 6) is -0.594. The normalized spacial score (nSPS) is 17.8. The SMILES string of the molecule is Nc1ncnc(OC2CCN(C(=O)C=CCN3CC(F)(F)C3)CC2)c1-c1ccc(Oc2ccccc2)cc1. The predicted molar refractivity (Wildman–Crippen MR) is 139 cm³/mol. The van der Waals surface area contributed by atoms with E-state index in [1.807, 2.05) is 54.6 Å². The topological polar surface area (TPSA) is 93.8 Å². The second-order valence-electron chi connectivity index (χ2n) is 9.45. The van der Waals surface area contributed by atoms with Gasteiger partial charge in [-0.25, -0.2) is 18.7 Å². The van der Waals surface area contributed by atoms with E-state index in [0.717, 1.165) is 11.3 Å². The molecule has 0 saturated carbocycles. The molecule has 0 spiro atoms. The average molecular weight is 522 g/mol. The first-order valence-corrected chi connectivity index (χ1v) is 12.5. The van der Waals surface area contributed by atoms with Crippen molar-refractivity contribution in [2.45, 2.75) is 24.9 Å². The molecule has 0 unspecified atom stereocenters. The van der Waals surface area contributed by atoms with Crippen molar-refractivity contribution in [3.05, 3.63) is 73.1 Å². The van der Waals surface area contributed by atoms with Crippen molar-refractivity contribution in [1.29, 1.82) is 0 Å². The fourth-order valence-electron chi connectivity index (χ4n) is 4.55. The minimum Gasteiger partial charge on any atom is -0.474 e. The van der Waals surface area contributed by atoms with E-state index < -0.39 is 5.92 Å². The van der Waals surface area contributed by atoms with Crippen LogP contribution in [0.5, 0.6) is 17.4 Å². The number of carbonyl (C=O) groups is 1. The minimum absolute atomic E-state index is 0.125. The standard InChI is InChI=1S/C28H29F2N5O3/c29-28(30)17-34(18-28)14-4-7-24(36)35-15-12-23(13-16-35)38-27-25(26(31)32-19-33-27)20-8-10-22(11-9-20)37-21-5-2-1-3-6-21/h1-11,19,23H,12-18H2,(H2,31,32,33). The Hall–Kier alpha value is -4.05. The summed E-state index contributed by atoms with van der Waals surface area (Å²) >= 11 is 0. The molecule has 1 aromatic heterocycles. The van der Waals surface area contributed by atoms with Crippen LogP contribution in [0.4, 0.5) is 14.6 Å². The van der Waals surface area contributed by atoms with E-state index in [2.05, 4.69) is 9.97 Å². The summed E-state index contributed by atoms with van der Waals surface area (Å²) in [6, 6.07) is 17.0. The molecule has 2 aliphatic heterocycles. The fraction of sp³-hybridized carbons (Fsp3) is 0.321. The number of hydrogen-bond acceptors (Lipinski definition) is 7. The van der Waals surface area contributed by atoms with Gasteiger partial charge in [-0.05, 0) is 29.8 Å². The molecule has 2 N–H and O–H groups in total. The highest BCUT2D eigenvalue weighted by atomic mass is 19.3. The Bertz CT molecular complexity index is 1270. The van der Waals surface area contributed by atoms with Crippen LogP contribution in [0, 0.1) is 0 Å².